The molecule has 140 valence electrons. The third-order valence-corrected chi connectivity index (χ3v) is 4.29. The molecule has 3 heterocycles. The number of carbonyl (C=O) groups excluding carboxylic acids is 3. The van der Waals surface area contributed by atoms with Crippen molar-refractivity contribution >= 4 is 17.8 Å². The molecule has 0 saturated carbocycles. The zero-order valence-electron chi connectivity index (χ0n) is 13.4. The summed E-state index contributed by atoms with van der Waals surface area (Å²) < 4.78 is 41.7. The van der Waals surface area contributed by atoms with Crippen molar-refractivity contribution in [3.63, 3.8) is 0 Å². The highest BCUT2D eigenvalue weighted by Gasteiger charge is 2.48. The number of rotatable bonds is 3. The molecule has 0 aliphatic carbocycles. The zero-order chi connectivity index (χ0) is 18.9. The molecule has 8 nitrogen and oxygen atoms in total. The number of imide groups is 1. The second kappa shape index (κ2) is 6.46. The largest absolute Gasteiger partial charge is 0.467 e. The van der Waals surface area contributed by atoms with Gasteiger partial charge in [0.1, 0.15) is 11.1 Å². The Bertz CT molecular complexity index is 745. The maximum Gasteiger partial charge on any atom is 0.422 e. The van der Waals surface area contributed by atoms with Gasteiger partial charge in [-0.25, -0.2) is 9.78 Å². The molecule has 26 heavy (non-hydrogen) atoms. The second-order valence-electron chi connectivity index (χ2n) is 6.04. The first-order valence-electron chi connectivity index (χ1n) is 7.78. The summed E-state index contributed by atoms with van der Waals surface area (Å²) in [6.45, 7) is -1.25. The minimum absolute atomic E-state index is 0.0902. The van der Waals surface area contributed by atoms with Gasteiger partial charge < -0.3 is 15.0 Å². The minimum Gasteiger partial charge on any atom is -0.467 e. The number of amides is 4. The van der Waals surface area contributed by atoms with E-state index in [9.17, 15) is 27.6 Å². The van der Waals surface area contributed by atoms with Gasteiger partial charge in [0.15, 0.2) is 6.61 Å². The van der Waals surface area contributed by atoms with Gasteiger partial charge in [0, 0.05) is 19.3 Å². The van der Waals surface area contributed by atoms with Crippen LogP contribution in [0, 0.1) is 0 Å². The van der Waals surface area contributed by atoms with Crippen molar-refractivity contribution in [1.82, 2.24) is 20.5 Å². The smallest absolute Gasteiger partial charge is 0.422 e. The van der Waals surface area contributed by atoms with E-state index in [1.54, 1.807) is 0 Å². The fourth-order valence-electron chi connectivity index (χ4n) is 2.96. The molecule has 1 aromatic heterocycles. The molecule has 2 N–H and O–H groups in total. The van der Waals surface area contributed by atoms with Crippen molar-refractivity contribution in [2.24, 2.45) is 0 Å². The maximum atomic E-state index is 12.6. The monoisotopic (exact) mass is 372 g/mol. The van der Waals surface area contributed by atoms with E-state index in [0.717, 1.165) is 0 Å². The summed E-state index contributed by atoms with van der Waals surface area (Å²) in [6.07, 6.45) is -2.92. The first-order valence-corrected chi connectivity index (χ1v) is 7.78. The van der Waals surface area contributed by atoms with Gasteiger partial charge in [0.2, 0.25) is 5.88 Å². The number of ether oxygens (including phenoxy) is 1. The predicted molar refractivity (Wildman–Crippen MR) is 80.3 cm³/mol. The summed E-state index contributed by atoms with van der Waals surface area (Å²) in [5, 5.41) is 4.73. The molecule has 11 heteroatoms. The van der Waals surface area contributed by atoms with Crippen molar-refractivity contribution in [1.29, 1.82) is 0 Å². The number of carbonyl (C=O) groups is 3. The van der Waals surface area contributed by atoms with Crippen molar-refractivity contribution < 1.29 is 32.3 Å². The molecule has 2 aliphatic rings. The quantitative estimate of drug-likeness (QED) is 0.766. The fraction of sp³-hybridized carbons (Fsp3) is 0.467. The third-order valence-electron chi connectivity index (χ3n) is 4.29. The van der Waals surface area contributed by atoms with Crippen LogP contribution in [0.5, 0.6) is 5.88 Å². The van der Waals surface area contributed by atoms with Crippen LogP contribution in [0.15, 0.2) is 18.3 Å². The van der Waals surface area contributed by atoms with Gasteiger partial charge in [-0.3, -0.25) is 14.9 Å². The predicted octanol–water partition coefficient (Wildman–Crippen LogP) is 0.837. The van der Waals surface area contributed by atoms with Crippen LogP contribution in [0.4, 0.5) is 18.0 Å². The number of nitrogens with one attached hydrogen (secondary N) is 2. The van der Waals surface area contributed by atoms with Gasteiger partial charge >= 0.3 is 12.2 Å². The van der Waals surface area contributed by atoms with Crippen LogP contribution in [0.3, 0.4) is 0 Å². The van der Waals surface area contributed by atoms with E-state index < -0.39 is 42.0 Å². The number of hydrogen-bond acceptors (Lipinski definition) is 5. The van der Waals surface area contributed by atoms with Gasteiger partial charge in [-0.2, -0.15) is 13.2 Å². The fourth-order valence-corrected chi connectivity index (χ4v) is 2.96. The molecule has 0 unspecified atom stereocenters. The van der Waals surface area contributed by atoms with Crippen LogP contribution in [-0.4, -0.2) is 59.1 Å². The summed E-state index contributed by atoms with van der Waals surface area (Å²) in [6, 6.07) is 2.17. The van der Waals surface area contributed by atoms with E-state index in [1.807, 2.05) is 0 Å². The van der Waals surface area contributed by atoms with Crippen LogP contribution in [0.25, 0.3) is 0 Å². The van der Waals surface area contributed by atoms with Crippen molar-refractivity contribution in [3.05, 3.63) is 23.9 Å². The van der Waals surface area contributed by atoms with E-state index >= 15 is 0 Å². The molecule has 0 aromatic carbocycles. The van der Waals surface area contributed by atoms with Crippen molar-refractivity contribution in [3.8, 4) is 5.88 Å². The van der Waals surface area contributed by atoms with Gasteiger partial charge in [-0.15, -0.1) is 0 Å². The summed E-state index contributed by atoms with van der Waals surface area (Å²) in [5.74, 6) is -1.39. The lowest BCUT2D eigenvalue weighted by atomic mass is 9.87. The number of hydrogen-bond donors (Lipinski definition) is 2. The molecule has 1 spiro atoms. The lowest BCUT2D eigenvalue weighted by molar-refractivity contribution is -0.154. The first-order chi connectivity index (χ1) is 12.2. The number of urea groups is 1. The minimum atomic E-state index is -4.55. The molecule has 0 bridgehead atoms. The normalized spacial score (nSPS) is 19.3. The molecule has 0 atom stereocenters. The SMILES string of the molecule is O=C1NC(=O)C2(CCN(C(=O)c3cccnc3OCC(F)(F)F)CC2)N1. The number of halogens is 3. The highest BCUT2D eigenvalue weighted by Crippen LogP contribution is 2.28. The number of pyridine rings is 1. The highest BCUT2D eigenvalue weighted by atomic mass is 19.4. The van der Waals surface area contributed by atoms with Gasteiger partial charge in [-0.1, -0.05) is 0 Å². The van der Waals surface area contributed by atoms with E-state index in [2.05, 4.69) is 20.4 Å². The zero-order valence-corrected chi connectivity index (χ0v) is 13.4. The maximum absolute atomic E-state index is 12.6. The summed E-state index contributed by atoms with van der Waals surface area (Å²) in [7, 11) is 0. The molecule has 1 aromatic rings. The second-order valence-corrected chi connectivity index (χ2v) is 6.04. The topological polar surface area (TPSA) is 101 Å². The Labute approximate surface area is 145 Å². The highest BCUT2D eigenvalue weighted by molar-refractivity contribution is 6.07. The summed E-state index contributed by atoms with van der Waals surface area (Å²) >= 11 is 0. The Morgan fingerprint density at radius 3 is 2.58 bits per heavy atom. The van der Waals surface area contributed by atoms with Crippen LogP contribution in [0.2, 0.25) is 0 Å². The standard InChI is InChI=1S/C15H15F3N4O4/c16-15(17,18)8-26-10-9(2-1-5-19-10)11(23)22-6-3-14(4-7-22)12(24)20-13(25)21-14/h1-2,5H,3-4,6-8H2,(H2,20,21,24,25). The average Bonchev–Trinajstić information content (AvgIpc) is 2.86. The summed E-state index contributed by atoms with van der Waals surface area (Å²) in [4.78, 5) is 40.9. The van der Waals surface area contributed by atoms with E-state index in [4.69, 9.17) is 0 Å². The Morgan fingerprint density at radius 1 is 1.31 bits per heavy atom. The van der Waals surface area contributed by atoms with E-state index in [0.29, 0.717) is 0 Å². The number of piperidine rings is 1. The molecule has 2 aliphatic heterocycles. The van der Waals surface area contributed by atoms with E-state index in [1.165, 1.54) is 23.2 Å². The number of alkyl halides is 3. The Kier molecular flexibility index (Phi) is 4.46. The van der Waals surface area contributed by atoms with Crippen molar-refractivity contribution in [2.75, 3.05) is 19.7 Å². The molecule has 2 fully saturated rings. The van der Waals surface area contributed by atoms with Crippen LogP contribution in [0.1, 0.15) is 23.2 Å². The van der Waals surface area contributed by atoms with Crippen molar-refractivity contribution in [2.45, 2.75) is 24.6 Å². The van der Waals surface area contributed by atoms with Gasteiger partial charge in [0.25, 0.3) is 11.8 Å². The molecule has 4 amide bonds. The van der Waals surface area contributed by atoms with E-state index in [-0.39, 0.29) is 31.5 Å². The molecule has 2 saturated heterocycles. The number of nitrogens with zero attached hydrogens (tertiary/aromatic N) is 2. The van der Waals surface area contributed by atoms with Gasteiger partial charge in [0.05, 0.1) is 0 Å². The lowest BCUT2D eigenvalue weighted by Gasteiger charge is -2.37. The van der Waals surface area contributed by atoms with Crippen LogP contribution in [-0.2, 0) is 4.79 Å². The molecular weight excluding hydrogens is 357 g/mol. The summed E-state index contributed by atoms with van der Waals surface area (Å²) in [5.41, 5.74) is -1.13. The molecular formula is C15H15F3N4O4. The Balaban J connectivity index is 1.69. The molecule has 0 radical (unpaired) electrons. The Morgan fingerprint density at radius 2 is 2.00 bits per heavy atom. The lowest BCUT2D eigenvalue weighted by Crippen LogP contribution is -2.55. The number of likely N-dealkylation sites (tertiary alicyclic amines) is 1. The van der Waals surface area contributed by atoms with Crippen LogP contribution < -0.4 is 15.4 Å². The van der Waals surface area contributed by atoms with Crippen LogP contribution >= 0.6 is 0 Å². The third kappa shape index (κ3) is 3.55. The Hall–Kier alpha value is -2.85. The first kappa shape index (κ1) is 18.0. The number of aromatic nitrogens is 1. The average molecular weight is 372 g/mol. The van der Waals surface area contributed by atoms with Gasteiger partial charge in [-0.05, 0) is 25.0 Å². The molecule has 3 rings (SSSR count).